The van der Waals surface area contributed by atoms with E-state index in [2.05, 4.69) is 46.5 Å². The van der Waals surface area contributed by atoms with Crippen molar-refractivity contribution in [2.24, 2.45) is 0 Å². The minimum Gasteiger partial charge on any atom is -0.453 e. The van der Waals surface area contributed by atoms with Gasteiger partial charge in [-0.05, 0) is 28.3 Å². The Morgan fingerprint density at radius 1 is 0.800 bits per heavy atom. The first-order valence-electron chi connectivity index (χ1n) is 8.04. The number of ether oxygens (including phenoxy) is 1. The van der Waals surface area contributed by atoms with Crippen LogP contribution >= 0.6 is 0 Å². The van der Waals surface area contributed by atoms with Crippen LogP contribution in [0.15, 0.2) is 78.9 Å². The Hall–Kier alpha value is -3.33. The van der Waals surface area contributed by atoms with E-state index in [1.807, 2.05) is 54.6 Å². The van der Waals surface area contributed by atoms with Crippen LogP contribution in [0.1, 0.15) is 11.1 Å². The molecule has 0 saturated carbocycles. The Bertz CT molecular complexity index is 868. The highest BCUT2D eigenvalue weighted by atomic mass is 16.5. The standard InChI is InChI=1S/C22H19NO2/c1-25-22(24)23-21-10-6-5-9-20(21)16-13-17-11-14-19(15-12-17)18-7-3-2-4-8-18/h2-16H,1H3,(H,23,24). The van der Waals surface area contributed by atoms with Gasteiger partial charge >= 0.3 is 6.09 Å². The third-order valence-corrected chi connectivity index (χ3v) is 3.86. The van der Waals surface area contributed by atoms with Crippen molar-refractivity contribution in [2.75, 3.05) is 12.4 Å². The molecule has 0 heterocycles. The number of hydrogen-bond acceptors (Lipinski definition) is 2. The molecule has 0 aliphatic carbocycles. The molecule has 0 aliphatic heterocycles. The minimum absolute atomic E-state index is 0.479. The van der Waals surface area contributed by atoms with Crippen molar-refractivity contribution >= 4 is 23.9 Å². The number of carbonyl (C=O) groups excluding carboxylic acids is 1. The number of carbonyl (C=O) groups is 1. The van der Waals surface area contributed by atoms with Gasteiger partial charge in [-0.25, -0.2) is 4.79 Å². The molecule has 3 aromatic carbocycles. The Labute approximate surface area is 147 Å². The first-order valence-corrected chi connectivity index (χ1v) is 8.04. The van der Waals surface area contributed by atoms with E-state index in [1.165, 1.54) is 18.2 Å². The number of methoxy groups -OCH3 is 1. The molecule has 0 atom stereocenters. The number of amides is 1. The summed E-state index contributed by atoms with van der Waals surface area (Å²) in [5.41, 5.74) is 5.11. The maximum Gasteiger partial charge on any atom is 0.411 e. The topological polar surface area (TPSA) is 38.3 Å². The van der Waals surface area contributed by atoms with Gasteiger partial charge in [-0.3, -0.25) is 5.32 Å². The summed E-state index contributed by atoms with van der Waals surface area (Å²) in [4.78, 5) is 11.4. The van der Waals surface area contributed by atoms with Crippen LogP contribution in [0.4, 0.5) is 10.5 Å². The van der Waals surface area contributed by atoms with Gasteiger partial charge in [0.1, 0.15) is 0 Å². The van der Waals surface area contributed by atoms with Crippen molar-refractivity contribution in [3.8, 4) is 11.1 Å². The number of rotatable bonds is 4. The van der Waals surface area contributed by atoms with Crippen LogP contribution in [0.2, 0.25) is 0 Å². The summed E-state index contributed by atoms with van der Waals surface area (Å²) < 4.78 is 4.65. The number of benzene rings is 3. The van der Waals surface area contributed by atoms with Crippen LogP contribution < -0.4 is 5.32 Å². The molecular formula is C22H19NO2. The van der Waals surface area contributed by atoms with Gasteiger partial charge in [0.15, 0.2) is 0 Å². The van der Waals surface area contributed by atoms with E-state index in [0.717, 1.165) is 11.1 Å². The molecule has 0 bridgehead atoms. The number of para-hydroxylation sites is 1. The molecule has 3 aromatic rings. The molecule has 124 valence electrons. The summed E-state index contributed by atoms with van der Waals surface area (Å²) in [6.07, 6.45) is 3.52. The summed E-state index contributed by atoms with van der Waals surface area (Å²) in [5.74, 6) is 0. The van der Waals surface area contributed by atoms with Crippen LogP contribution in [0, 0.1) is 0 Å². The van der Waals surface area contributed by atoms with Crippen LogP contribution in [-0.2, 0) is 4.74 Å². The monoisotopic (exact) mass is 329 g/mol. The second kappa shape index (κ2) is 7.97. The van der Waals surface area contributed by atoms with E-state index in [1.54, 1.807) is 0 Å². The summed E-state index contributed by atoms with van der Waals surface area (Å²) in [5, 5.41) is 2.71. The van der Waals surface area contributed by atoms with Crippen molar-refractivity contribution < 1.29 is 9.53 Å². The Morgan fingerprint density at radius 3 is 2.16 bits per heavy atom. The zero-order valence-corrected chi connectivity index (χ0v) is 14.0. The minimum atomic E-state index is -0.479. The van der Waals surface area contributed by atoms with E-state index in [0.29, 0.717) is 5.69 Å². The van der Waals surface area contributed by atoms with Crippen molar-refractivity contribution in [3.63, 3.8) is 0 Å². The van der Waals surface area contributed by atoms with Crippen molar-refractivity contribution in [2.45, 2.75) is 0 Å². The van der Waals surface area contributed by atoms with Gasteiger partial charge < -0.3 is 4.74 Å². The zero-order valence-electron chi connectivity index (χ0n) is 14.0. The average Bonchev–Trinajstić information content (AvgIpc) is 2.68. The second-order valence-electron chi connectivity index (χ2n) is 5.53. The lowest BCUT2D eigenvalue weighted by atomic mass is 10.0. The number of anilines is 1. The van der Waals surface area contributed by atoms with Crippen LogP contribution in [0.5, 0.6) is 0 Å². The molecule has 0 spiro atoms. The lowest BCUT2D eigenvalue weighted by Gasteiger charge is -2.07. The highest BCUT2D eigenvalue weighted by molar-refractivity contribution is 5.89. The molecular weight excluding hydrogens is 310 g/mol. The average molecular weight is 329 g/mol. The molecule has 0 aromatic heterocycles. The van der Waals surface area contributed by atoms with E-state index < -0.39 is 6.09 Å². The van der Waals surface area contributed by atoms with Gasteiger partial charge in [0, 0.05) is 0 Å². The molecule has 0 aliphatic rings. The van der Waals surface area contributed by atoms with Crippen LogP contribution in [-0.4, -0.2) is 13.2 Å². The first kappa shape index (κ1) is 16.5. The zero-order chi connectivity index (χ0) is 17.5. The van der Waals surface area contributed by atoms with E-state index in [4.69, 9.17) is 0 Å². The lowest BCUT2D eigenvalue weighted by molar-refractivity contribution is 0.187. The molecule has 25 heavy (non-hydrogen) atoms. The molecule has 0 unspecified atom stereocenters. The largest absolute Gasteiger partial charge is 0.453 e. The highest BCUT2D eigenvalue weighted by Gasteiger charge is 2.03. The normalized spacial score (nSPS) is 10.6. The van der Waals surface area contributed by atoms with Gasteiger partial charge in [0.25, 0.3) is 0 Å². The summed E-state index contributed by atoms with van der Waals surface area (Å²) in [6, 6.07) is 26.2. The summed E-state index contributed by atoms with van der Waals surface area (Å²) >= 11 is 0. The first-order chi connectivity index (χ1) is 12.3. The van der Waals surface area contributed by atoms with Gasteiger partial charge in [0.2, 0.25) is 0 Å². The molecule has 1 N–H and O–H groups in total. The van der Waals surface area contributed by atoms with Crippen molar-refractivity contribution in [1.82, 2.24) is 0 Å². The van der Waals surface area contributed by atoms with E-state index in [9.17, 15) is 4.79 Å². The maximum atomic E-state index is 11.4. The van der Waals surface area contributed by atoms with Gasteiger partial charge in [-0.2, -0.15) is 0 Å². The molecule has 0 fully saturated rings. The predicted octanol–water partition coefficient (Wildman–Crippen LogP) is 5.70. The van der Waals surface area contributed by atoms with Gasteiger partial charge in [-0.1, -0.05) is 84.9 Å². The fraction of sp³-hybridized carbons (Fsp3) is 0.0455. The number of hydrogen-bond donors (Lipinski definition) is 1. The van der Waals surface area contributed by atoms with Crippen molar-refractivity contribution in [3.05, 3.63) is 90.0 Å². The van der Waals surface area contributed by atoms with Crippen LogP contribution in [0.25, 0.3) is 23.3 Å². The Kier molecular flexibility index (Phi) is 5.27. The van der Waals surface area contributed by atoms with E-state index in [-0.39, 0.29) is 0 Å². The quantitative estimate of drug-likeness (QED) is 0.623. The third-order valence-electron chi connectivity index (χ3n) is 3.86. The van der Waals surface area contributed by atoms with Crippen LogP contribution in [0.3, 0.4) is 0 Å². The summed E-state index contributed by atoms with van der Waals surface area (Å²) in [7, 11) is 1.35. The molecule has 1 amide bonds. The van der Waals surface area contributed by atoms with E-state index >= 15 is 0 Å². The molecule has 3 nitrogen and oxygen atoms in total. The smallest absolute Gasteiger partial charge is 0.411 e. The maximum absolute atomic E-state index is 11.4. The number of nitrogens with one attached hydrogen (secondary N) is 1. The fourth-order valence-corrected chi connectivity index (χ4v) is 2.52. The van der Waals surface area contributed by atoms with Gasteiger partial charge in [-0.15, -0.1) is 0 Å². The van der Waals surface area contributed by atoms with Gasteiger partial charge in [0.05, 0.1) is 12.8 Å². The highest BCUT2D eigenvalue weighted by Crippen LogP contribution is 2.21. The third kappa shape index (κ3) is 4.36. The fourth-order valence-electron chi connectivity index (χ4n) is 2.52. The van der Waals surface area contributed by atoms with Crippen molar-refractivity contribution in [1.29, 1.82) is 0 Å². The predicted molar refractivity (Wildman–Crippen MR) is 103 cm³/mol. The second-order valence-corrected chi connectivity index (χ2v) is 5.53. The molecule has 0 saturated heterocycles. The Morgan fingerprint density at radius 2 is 1.44 bits per heavy atom. The molecule has 0 radical (unpaired) electrons. The molecule has 3 rings (SSSR count). The molecule has 3 heteroatoms. The SMILES string of the molecule is COC(=O)Nc1ccccc1C=Cc1ccc(-c2ccccc2)cc1. The lowest BCUT2D eigenvalue weighted by Crippen LogP contribution is -2.11. The summed E-state index contributed by atoms with van der Waals surface area (Å²) in [6.45, 7) is 0. The Balaban J connectivity index is 1.78.